The molecular formula is C22H22FN3O2. The molecule has 0 saturated carbocycles. The summed E-state index contributed by atoms with van der Waals surface area (Å²) in [6.07, 6.45) is 0.605. The van der Waals surface area contributed by atoms with E-state index in [1.54, 1.807) is 11.0 Å². The van der Waals surface area contributed by atoms with Gasteiger partial charge in [-0.25, -0.2) is 4.39 Å². The van der Waals surface area contributed by atoms with Crippen LogP contribution in [-0.4, -0.2) is 40.8 Å². The van der Waals surface area contributed by atoms with Crippen LogP contribution in [0.5, 0.6) is 0 Å². The zero-order valence-electron chi connectivity index (χ0n) is 15.7. The van der Waals surface area contributed by atoms with Crippen LogP contribution in [0.2, 0.25) is 0 Å². The number of piperazine rings is 1. The van der Waals surface area contributed by atoms with E-state index in [1.165, 1.54) is 6.07 Å². The lowest BCUT2D eigenvalue weighted by Crippen LogP contribution is -2.58. The molecule has 144 valence electrons. The second kappa shape index (κ2) is 7.46. The average molecular weight is 379 g/mol. The van der Waals surface area contributed by atoms with Crippen molar-refractivity contribution in [2.75, 3.05) is 13.1 Å². The largest absolute Gasteiger partial charge is 0.356 e. The summed E-state index contributed by atoms with van der Waals surface area (Å²) >= 11 is 0. The highest BCUT2D eigenvalue weighted by molar-refractivity contribution is 5.93. The summed E-state index contributed by atoms with van der Waals surface area (Å²) < 4.78 is 14.0. The van der Waals surface area contributed by atoms with E-state index in [9.17, 15) is 14.0 Å². The van der Waals surface area contributed by atoms with Crippen LogP contribution < -0.4 is 5.32 Å². The van der Waals surface area contributed by atoms with Gasteiger partial charge in [-0.15, -0.1) is 0 Å². The molecule has 28 heavy (non-hydrogen) atoms. The number of carbonyl (C=O) groups excluding carboxylic acids is 2. The van der Waals surface area contributed by atoms with E-state index in [-0.39, 0.29) is 24.1 Å². The maximum Gasteiger partial charge on any atom is 0.243 e. The van der Waals surface area contributed by atoms with Gasteiger partial charge in [0, 0.05) is 30.6 Å². The van der Waals surface area contributed by atoms with Crippen LogP contribution in [-0.2, 0) is 22.4 Å². The van der Waals surface area contributed by atoms with Crippen molar-refractivity contribution in [2.24, 2.45) is 0 Å². The smallest absolute Gasteiger partial charge is 0.243 e. The highest BCUT2D eigenvalue weighted by Gasteiger charge is 2.33. The molecule has 1 atom stereocenters. The van der Waals surface area contributed by atoms with Crippen LogP contribution in [0, 0.1) is 12.7 Å². The maximum absolute atomic E-state index is 14.0. The first kappa shape index (κ1) is 18.2. The van der Waals surface area contributed by atoms with Crippen molar-refractivity contribution < 1.29 is 14.0 Å². The molecule has 6 heteroatoms. The monoisotopic (exact) mass is 379 g/mol. The number of para-hydroxylation sites is 1. The number of benzene rings is 2. The molecule has 1 fully saturated rings. The lowest BCUT2D eigenvalue weighted by molar-refractivity contribution is -0.142. The van der Waals surface area contributed by atoms with E-state index in [0.29, 0.717) is 30.4 Å². The Bertz CT molecular complexity index is 1030. The Morgan fingerprint density at radius 3 is 2.75 bits per heavy atom. The fourth-order valence-corrected chi connectivity index (χ4v) is 3.90. The predicted octanol–water partition coefficient (Wildman–Crippen LogP) is 2.73. The molecule has 0 aliphatic carbocycles. The minimum absolute atomic E-state index is 0.121. The molecule has 2 heterocycles. The Morgan fingerprint density at radius 1 is 1.18 bits per heavy atom. The number of fused-ring (bicyclic) bond motifs is 1. The number of nitrogens with zero attached hydrogens (tertiary/aromatic N) is 1. The van der Waals surface area contributed by atoms with Crippen molar-refractivity contribution in [3.05, 3.63) is 71.2 Å². The van der Waals surface area contributed by atoms with Crippen LogP contribution >= 0.6 is 0 Å². The number of hydrogen-bond acceptors (Lipinski definition) is 2. The first-order chi connectivity index (χ1) is 13.5. The number of aryl methyl sites for hydroxylation is 1. The van der Waals surface area contributed by atoms with Crippen molar-refractivity contribution in [2.45, 2.75) is 25.8 Å². The zero-order valence-corrected chi connectivity index (χ0v) is 15.7. The number of aromatic amines is 1. The van der Waals surface area contributed by atoms with Crippen molar-refractivity contribution in [3.63, 3.8) is 0 Å². The third kappa shape index (κ3) is 3.38. The van der Waals surface area contributed by atoms with Gasteiger partial charge in [0.1, 0.15) is 11.9 Å². The molecule has 0 spiro atoms. The van der Waals surface area contributed by atoms with Gasteiger partial charge in [0.05, 0.1) is 11.9 Å². The van der Waals surface area contributed by atoms with E-state index in [4.69, 9.17) is 0 Å². The number of hydrogen-bond donors (Lipinski definition) is 2. The van der Waals surface area contributed by atoms with Gasteiger partial charge in [-0.3, -0.25) is 9.59 Å². The Kier molecular flexibility index (Phi) is 4.86. The van der Waals surface area contributed by atoms with Crippen LogP contribution in [0.25, 0.3) is 10.9 Å². The first-order valence-corrected chi connectivity index (χ1v) is 9.41. The highest BCUT2D eigenvalue weighted by atomic mass is 19.1. The molecule has 2 N–H and O–H groups in total. The summed E-state index contributed by atoms with van der Waals surface area (Å²) in [5.74, 6) is -0.590. The quantitative estimate of drug-likeness (QED) is 0.732. The third-order valence-electron chi connectivity index (χ3n) is 5.35. The Hall–Kier alpha value is -3.15. The van der Waals surface area contributed by atoms with Gasteiger partial charge in [0.2, 0.25) is 11.8 Å². The van der Waals surface area contributed by atoms with Crippen LogP contribution in [0.3, 0.4) is 0 Å². The summed E-state index contributed by atoms with van der Waals surface area (Å²) in [4.78, 5) is 30.3. The Labute approximate surface area is 162 Å². The zero-order chi connectivity index (χ0) is 19.7. The first-order valence-electron chi connectivity index (χ1n) is 9.41. The maximum atomic E-state index is 14.0. The van der Waals surface area contributed by atoms with Crippen LogP contribution in [0.1, 0.15) is 16.8 Å². The van der Waals surface area contributed by atoms with E-state index >= 15 is 0 Å². The molecule has 0 radical (unpaired) electrons. The standard InChI is InChI=1S/C22H22FN3O2/c1-14-17(16-8-5-9-18(23)21(16)25-14)13-20(27)26-11-10-24-22(28)19(26)12-15-6-3-2-4-7-15/h2-9,19,25H,10-13H2,1H3,(H,24,28). The van der Waals surface area contributed by atoms with Gasteiger partial charge in [-0.1, -0.05) is 42.5 Å². The van der Waals surface area contributed by atoms with E-state index in [0.717, 1.165) is 16.8 Å². The minimum Gasteiger partial charge on any atom is -0.356 e. The molecule has 3 aromatic rings. The van der Waals surface area contributed by atoms with E-state index in [1.807, 2.05) is 43.3 Å². The van der Waals surface area contributed by atoms with Crippen molar-refractivity contribution >= 4 is 22.7 Å². The number of carbonyl (C=O) groups is 2. The highest BCUT2D eigenvalue weighted by Crippen LogP contribution is 2.25. The predicted molar refractivity (Wildman–Crippen MR) is 105 cm³/mol. The molecular weight excluding hydrogens is 357 g/mol. The van der Waals surface area contributed by atoms with Crippen molar-refractivity contribution in [1.82, 2.24) is 15.2 Å². The number of rotatable bonds is 4. The fourth-order valence-electron chi connectivity index (χ4n) is 3.90. The van der Waals surface area contributed by atoms with Gasteiger partial charge in [0.15, 0.2) is 0 Å². The average Bonchev–Trinajstić information content (AvgIpc) is 3.01. The van der Waals surface area contributed by atoms with Gasteiger partial charge < -0.3 is 15.2 Å². The molecule has 5 nitrogen and oxygen atoms in total. The van der Waals surface area contributed by atoms with Gasteiger partial charge >= 0.3 is 0 Å². The Morgan fingerprint density at radius 2 is 1.96 bits per heavy atom. The third-order valence-corrected chi connectivity index (χ3v) is 5.35. The number of nitrogens with one attached hydrogen (secondary N) is 2. The molecule has 1 unspecified atom stereocenters. The molecule has 4 rings (SSSR count). The normalized spacial score (nSPS) is 17.0. The van der Waals surface area contributed by atoms with Crippen LogP contribution in [0.4, 0.5) is 4.39 Å². The fraction of sp³-hybridized carbons (Fsp3) is 0.273. The summed E-state index contributed by atoms with van der Waals surface area (Å²) in [7, 11) is 0. The van der Waals surface area contributed by atoms with E-state index < -0.39 is 6.04 Å². The number of aromatic nitrogens is 1. The molecule has 1 aromatic heterocycles. The molecule has 0 bridgehead atoms. The van der Waals surface area contributed by atoms with Gasteiger partial charge in [-0.2, -0.15) is 0 Å². The van der Waals surface area contributed by atoms with Crippen LogP contribution in [0.15, 0.2) is 48.5 Å². The molecule has 2 amide bonds. The van der Waals surface area contributed by atoms with Gasteiger partial charge in [-0.05, 0) is 24.1 Å². The molecule has 1 aliphatic heterocycles. The Balaban J connectivity index is 1.60. The molecule has 1 aliphatic rings. The lowest BCUT2D eigenvalue weighted by Gasteiger charge is -2.35. The number of H-pyrrole nitrogens is 1. The lowest BCUT2D eigenvalue weighted by atomic mass is 10.0. The molecule has 1 saturated heterocycles. The topological polar surface area (TPSA) is 65.2 Å². The van der Waals surface area contributed by atoms with E-state index in [2.05, 4.69) is 10.3 Å². The number of halogens is 1. The second-order valence-electron chi connectivity index (χ2n) is 7.15. The van der Waals surface area contributed by atoms with Crippen molar-refractivity contribution in [1.29, 1.82) is 0 Å². The van der Waals surface area contributed by atoms with Crippen molar-refractivity contribution in [3.8, 4) is 0 Å². The summed E-state index contributed by atoms with van der Waals surface area (Å²) in [5.41, 5.74) is 2.98. The number of amides is 2. The van der Waals surface area contributed by atoms with Gasteiger partial charge in [0.25, 0.3) is 0 Å². The minimum atomic E-state index is -0.536. The molecule has 2 aromatic carbocycles. The second-order valence-corrected chi connectivity index (χ2v) is 7.15. The summed E-state index contributed by atoms with van der Waals surface area (Å²) in [6, 6.07) is 14.0. The summed E-state index contributed by atoms with van der Waals surface area (Å²) in [6.45, 7) is 2.75. The SMILES string of the molecule is Cc1[nH]c2c(F)cccc2c1CC(=O)N1CCNC(=O)C1Cc1ccccc1. The summed E-state index contributed by atoms with van der Waals surface area (Å²) in [5, 5.41) is 3.57.